The quantitative estimate of drug-likeness (QED) is 0.364. The van der Waals surface area contributed by atoms with Crippen LogP contribution in [0.5, 0.6) is 0 Å². The van der Waals surface area contributed by atoms with Crippen LogP contribution in [0.1, 0.15) is 23.2 Å². The molecule has 1 fully saturated rings. The van der Waals surface area contributed by atoms with Crippen molar-refractivity contribution >= 4 is 23.8 Å². The molecule has 2 aromatic rings. The summed E-state index contributed by atoms with van der Waals surface area (Å²) < 4.78 is 6.59. The molecule has 1 aromatic heterocycles. The highest BCUT2D eigenvalue weighted by molar-refractivity contribution is 5.92. The lowest BCUT2D eigenvalue weighted by Gasteiger charge is -2.14. The van der Waals surface area contributed by atoms with Crippen molar-refractivity contribution in [3.8, 4) is 11.3 Å². The number of anilines is 2. The second-order valence-electron chi connectivity index (χ2n) is 7.28. The Balaban J connectivity index is 1.94. The van der Waals surface area contributed by atoms with Crippen LogP contribution in [-0.4, -0.2) is 60.0 Å². The zero-order valence-electron chi connectivity index (χ0n) is 16.6. The average molecular weight is 399 g/mol. The van der Waals surface area contributed by atoms with E-state index in [1.165, 1.54) is 16.8 Å². The summed E-state index contributed by atoms with van der Waals surface area (Å²) in [6.07, 6.45) is 4.14. The minimum Gasteiger partial charge on any atom is -0.461 e. The Morgan fingerprint density at radius 2 is 2.14 bits per heavy atom. The SMILES string of the molecule is CN(C)CCOC(=O)c1cc(N)cc(-c2cnc(NC3CC3)c(=O)n2CC=O)c1. The third-order valence-corrected chi connectivity index (χ3v) is 4.49. The van der Waals surface area contributed by atoms with Gasteiger partial charge in [-0.1, -0.05) is 0 Å². The highest BCUT2D eigenvalue weighted by Gasteiger charge is 2.24. The van der Waals surface area contributed by atoms with Crippen LogP contribution in [0.3, 0.4) is 0 Å². The number of benzene rings is 1. The number of hydrogen-bond donors (Lipinski definition) is 2. The fourth-order valence-electron chi connectivity index (χ4n) is 2.82. The molecule has 1 saturated carbocycles. The molecule has 9 nitrogen and oxygen atoms in total. The van der Waals surface area contributed by atoms with Gasteiger partial charge in [-0.15, -0.1) is 0 Å². The van der Waals surface area contributed by atoms with Gasteiger partial charge in [0.15, 0.2) is 5.82 Å². The number of nitrogen functional groups attached to an aromatic ring is 1. The van der Waals surface area contributed by atoms with E-state index in [0.717, 1.165) is 12.8 Å². The normalized spacial score (nSPS) is 13.3. The number of nitrogens with one attached hydrogen (secondary N) is 1. The van der Waals surface area contributed by atoms with E-state index in [0.29, 0.717) is 29.8 Å². The predicted molar refractivity (Wildman–Crippen MR) is 110 cm³/mol. The van der Waals surface area contributed by atoms with E-state index in [9.17, 15) is 14.4 Å². The van der Waals surface area contributed by atoms with Crippen LogP contribution in [0.25, 0.3) is 11.3 Å². The van der Waals surface area contributed by atoms with Crippen molar-refractivity contribution in [2.24, 2.45) is 0 Å². The zero-order valence-corrected chi connectivity index (χ0v) is 16.6. The third-order valence-electron chi connectivity index (χ3n) is 4.49. The van der Waals surface area contributed by atoms with Gasteiger partial charge in [0.05, 0.1) is 24.0 Å². The van der Waals surface area contributed by atoms with E-state index in [1.807, 2.05) is 19.0 Å². The van der Waals surface area contributed by atoms with Crippen molar-refractivity contribution < 1.29 is 14.3 Å². The molecule has 3 rings (SSSR count). The summed E-state index contributed by atoms with van der Waals surface area (Å²) in [4.78, 5) is 42.4. The number of carbonyl (C=O) groups is 2. The van der Waals surface area contributed by atoms with Crippen molar-refractivity contribution in [3.63, 3.8) is 0 Å². The molecule has 1 aliphatic carbocycles. The van der Waals surface area contributed by atoms with Crippen LogP contribution in [0.15, 0.2) is 29.2 Å². The fourth-order valence-corrected chi connectivity index (χ4v) is 2.82. The smallest absolute Gasteiger partial charge is 0.338 e. The highest BCUT2D eigenvalue weighted by Crippen LogP contribution is 2.25. The number of ether oxygens (including phenoxy) is 1. The number of aromatic nitrogens is 2. The van der Waals surface area contributed by atoms with Crippen molar-refractivity contribution in [2.75, 3.05) is 38.3 Å². The minimum absolute atomic E-state index is 0.132. The molecule has 0 unspecified atom stereocenters. The Labute approximate surface area is 168 Å². The van der Waals surface area contributed by atoms with Gasteiger partial charge >= 0.3 is 5.97 Å². The molecule has 1 heterocycles. The lowest BCUT2D eigenvalue weighted by molar-refractivity contribution is -0.108. The van der Waals surface area contributed by atoms with Gasteiger partial charge in [-0.25, -0.2) is 9.78 Å². The number of nitrogens with zero attached hydrogens (tertiary/aromatic N) is 3. The van der Waals surface area contributed by atoms with Crippen LogP contribution >= 0.6 is 0 Å². The first-order valence-corrected chi connectivity index (χ1v) is 9.42. The summed E-state index contributed by atoms with van der Waals surface area (Å²) in [5.74, 6) is -0.296. The van der Waals surface area contributed by atoms with Crippen LogP contribution < -0.4 is 16.6 Å². The molecule has 0 bridgehead atoms. The summed E-state index contributed by atoms with van der Waals surface area (Å²) in [6, 6.07) is 4.98. The van der Waals surface area contributed by atoms with Gasteiger partial charge in [-0.2, -0.15) is 0 Å². The molecule has 1 aromatic carbocycles. The van der Waals surface area contributed by atoms with Crippen molar-refractivity contribution in [1.29, 1.82) is 0 Å². The van der Waals surface area contributed by atoms with E-state index in [2.05, 4.69) is 10.3 Å². The van der Waals surface area contributed by atoms with Gasteiger partial charge in [0.2, 0.25) is 0 Å². The van der Waals surface area contributed by atoms with Crippen molar-refractivity contribution in [2.45, 2.75) is 25.4 Å². The van der Waals surface area contributed by atoms with E-state index < -0.39 is 5.97 Å². The standard InChI is InChI=1S/C20H25N5O4/c1-24(2)6-8-29-20(28)14-9-13(10-15(21)11-14)17-12-22-18(23-16-3-4-16)19(27)25(17)5-7-26/h7,9-12,16H,3-6,8,21H2,1-2H3,(H,22,23). The maximum atomic E-state index is 12.8. The molecular formula is C20H25N5O4. The van der Waals surface area contributed by atoms with E-state index in [1.54, 1.807) is 12.1 Å². The van der Waals surface area contributed by atoms with Crippen LogP contribution in [0.4, 0.5) is 11.5 Å². The first kappa shape index (κ1) is 20.5. The minimum atomic E-state index is -0.510. The predicted octanol–water partition coefficient (Wildman–Crippen LogP) is 0.984. The maximum Gasteiger partial charge on any atom is 0.338 e. The first-order chi connectivity index (χ1) is 13.9. The number of rotatable bonds is 9. The Kier molecular flexibility index (Phi) is 6.28. The third kappa shape index (κ3) is 5.20. The summed E-state index contributed by atoms with van der Waals surface area (Å²) in [6.45, 7) is 0.710. The second kappa shape index (κ2) is 8.87. The molecule has 0 atom stereocenters. The summed E-state index contributed by atoms with van der Waals surface area (Å²) in [5.41, 5.74) is 7.10. The summed E-state index contributed by atoms with van der Waals surface area (Å²) in [5, 5.41) is 3.07. The molecule has 154 valence electrons. The number of aldehydes is 1. The molecule has 0 saturated heterocycles. The van der Waals surface area contributed by atoms with Crippen LogP contribution in [-0.2, 0) is 16.1 Å². The van der Waals surface area contributed by atoms with Gasteiger partial charge in [0.25, 0.3) is 5.56 Å². The molecule has 9 heteroatoms. The monoisotopic (exact) mass is 399 g/mol. The Hall–Kier alpha value is -3.20. The molecular weight excluding hydrogens is 374 g/mol. The Morgan fingerprint density at radius 3 is 2.79 bits per heavy atom. The van der Waals surface area contributed by atoms with Crippen molar-refractivity contribution in [1.82, 2.24) is 14.5 Å². The van der Waals surface area contributed by atoms with Gasteiger partial charge < -0.3 is 25.5 Å². The second-order valence-corrected chi connectivity index (χ2v) is 7.28. The average Bonchev–Trinajstić information content (AvgIpc) is 3.48. The van der Waals surface area contributed by atoms with E-state index in [4.69, 9.17) is 10.5 Å². The molecule has 0 radical (unpaired) electrons. The fraction of sp³-hybridized carbons (Fsp3) is 0.400. The largest absolute Gasteiger partial charge is 0.461 e. The van der Waals surface area contributed by atoms with E-state index in [-0.39, 0.29) is 36.1 Å². The number of esters is 1. The summed E-state index contributed by atoms with van der Waals surface area (Å²) in [7, 11) is 3.76. The molecule has 0 aliphatic heterocycles. The van der Waals surface area contributed by atoms with Crippen LogP contribution in [0.2, 0.25) is 0 Å². The van der Waals surface area contributed by atoms with Crippen molar-refractivity contribution in [3.05, 3.63) is 40.3 Å². The number of likely N-dealkylation sites (N-methyl/N-ethyl adjacent to an activating group) is 1. The lowest BCUT2D eigenvalue weighted by Crippen LogP contribution is -2.27. The van der Waals surface area contributed by atoms with Gasteiger partial charge in [-0.3, -0.25) is 9.36 Å². The highest BCUT2D eigenvalue weighted by atomic mass is 16.5. The molecule has 3 N–H and O–H groups in total. The number of carbonyl (C=O) groups excluding carboxylic acids is 2. The lowest BCUT2D eigenvalue weighted by atomic mass is 10.1. The molecule has 29 heavy (non-hydrogen) atoms. The number of nitrogens with two attached hydrogens (primary N) is 1. The number of hydrogen-bond acceptors (Lipinski definition) is 8. The zero-order chi connectivity index (χ0) is 21.0. The molecule has 0 amide bonds. The van der Waals surface area contributed by atoms with Crippen LogP contribution in [0, 0.1) is 0 Å². The first-order valence-electron chi connectivity index (χ1n) is 9.42. The maximum absolute atomic E-state index is 12.8. The molecule has 0 spiro atoms. The Morgan fingerprint density at radius 1 is 1.38 bits per heavy atom. The van der Waals surface area contributed by atoms with Gasteiger partial charge in [0.1, 0.15) is 12.9 Å². The molecule has 1 aliphatic rings. The Bertz CT molecular complexity index is 966. The topological polar surface area (TPSA) is 120 Å². The van der Waals surface area contributed by atoms with Gasteiger partial charge in [0, 0.05) is 23.8 Å². The van der Waals surface area contributed by atoms with Gasteiger partial charge in [-0.05, 0) is 45.1 Å². The summed E-state index contributed by atoms with van der Waals surface area (Å²) >= 11 is 0. The van der Waals surface area contributed by atoms with E-state index >= 15 is 0 Å².